The number of para-hydroxylation sites is 1. The predicted molar refractivity (Wildman–Crippen MR) is 87.5 cm³/mol. The minimum absolute atomic E-state index is 0. The zero-order valence-electron chi connectivity index (χ0n) is 11.9. The average molecular weight is 344 g/mol. The highest BCUT2D eigenvalue weighted by atomic mass is 35.5. The van der Waals surface area contributed by atoms with E-state index in [4.69, 9.17) is 4.52 Å². The molecule has 3 rings (SSSR count). The van der Waals surface area contributed by atoms with Crippen molar-refractivity contribution in [3.05, 3.63) is 41.6 Å². The standard InChI is InChI=1S/C14H17N3O3S.ClH/c18-21(19,16-9-11-5-7-15-8-6-11)10-13-12-3-1-2-4-14(12)20-17-13;/h1-5,15-16H,6-10H2;1H. The molecule has 2 aromatic rings. The first kappa shape index (κ1) is 17.0. The normalized spacial score (nSPS) is 15.4. The first-order valence-corrected chi connectivity index (χ1v) is 8.48. The molecule has 1 aliphatic heterocycles. The molecule has 0 saturated carbocycles. The largest absolute Gasteiger partial charge is 0.356 e. The number of aromatic nitrogens is 1. The van der Waals surface area contributed by atoms with Gasteiger partial charge in [-0.3, -0.25) is 0 Å². The van der Waals surface area contributed by atoms with Gasteiger partial charge < -0.3 is 9.84 Å². The van der Waals surface area contributed by atoms with Crippen LogP contribution in [-0.4, -0.2) is 33.2 Å². The fourth-order valence-corrected chi connectivity index (χ4v) is 3.38. The molecule has 1 aromatic carbocycles. The second-order valence-corrected chi connectivity index (χ2v) is 6.83. The van der Waals surface area contributed by atoms with E-state index < -0.39 is 10.0 Å². The second kappa shape index (κ2) is 7.23. The fourth-order valence-electron chi connectivity index (χ4n) is 2.31. The molecule has 0 bridgehead atoms. The lowest BCUT2D eigenvalue weighted by atomic mass is 10.1. The molecule has 0 spiro atoms. The van der Waals surface area contributed by atoms with Crippen molar-refractivity contribution in [3.63, 3.8) is 0 Å². The van der Waals surface area contributed by atoms with Crippen LogP contribution in [0.5, 0.6) is 0 Å². The maximum absolute atomic E-state index is 12.1. The summed E-state index contributed by atoms with van der Waals surface area (Å²) in [7, 11) is -3.43. The summed E-state index contributed by atoms with van der Waals surface area (Å²) in [5.74, 6) is -0.171. The number of hydrogen-bond acceptors (Lipinski definition) is 5. The maximum Gasteiger partial charge on any atom is 0.217 e. The van der Waals surface area contributed by atoms with Crippen LogP contribution in [0.4, 0.5) is 0 Å². The Morgan fingerprint density at radius 3 is 2.91 bits per heavy atom. The monoisotopic (exact) mass is 343 g/mol. The smallest absolute Gasteiger partial charge is 0.217 e. The molecule has 0 amide bonds. The van der Waals surface area contributed by atoms with Gasteiger partial charge in [-0.15, -0.1) is 12.4 Å². The summed E-state index contributed by atoms with van der Waals surface area (Å²) in [5.41, 5.74) is 2.16. The van der Waals surface area contributed by atoms with Gasteiger partial charge in [0.1, 0.15) is 11.4 Å². The van der Waals surface area contributed by atoms with E-state index >= 15 is 0 Å². The Bertz CT molecular complexity index is 770. The molecular weight excluding hydrogens is 326 g/mol. The molecule has 0 atom stereocenters. The molecule has 0 saturated heterocycles. The Labute approximate surface area is 135 Å². The highest BCUT2D eigenvalue weighted by Crippen LogP contribution is 2.19. The SMILES string of the molecule is Cl.O=S(=O)(Cc1noc2ccccc12)NCC1=CCNCC1. The van der Waals surface area contributed by atoms with Crippen LogP contribution in [0.2, 0.25) is 0 Å². The van der Waals surface area contributed by atoms with Gasteiger partial charge in [-0.1, -0.05) is 28.9 Å². The van der Waals surface area contributed by atoms with Crippen LogP contribution in [0.25, 0.3) is 11.0 Å². The number of sulfonamides is 1. The van der Waals surface area contributed by atoms with Crippen molar-refractivity contribution >= 4 is 33.4 Å². The van der Waals surface area contributed by atoms with E-state index in [2.05, 4.69) is 15.2 Å². The van der Waals surface area contributed by atoms with Crippen molar-refractivity contribution in [1.82, 2.24) is 15.2 Å². The molecule has 0 fully saturated rings. The first-order valence-electron chi connectivity index (χ1n) is 6.83. The molecule has 2 N–H and O–H groups in total. The van der Waals surface area contributed by atoms with E-state index in [-0.39, 0.29) is 18.2 Å². The summed E-state index contributed by atoms with van der Waals surface area (Å²) in [6, 6.07) is 7.24. The Kier molecular flexibility index (Phi) is 5.57. The van der Waals surface area contributed by atoms with Gasteiger partial charge in [0.25, 0.3) is 0 Å². The lowest BCUT2D eigenvalue weighted by molar-refractivity contribution is 0.448. The zero-order chi connectivity index (χ0) is 14.7. The maximum atomic E-state index is 12.1. The molecule has 2 heterocycles. The number of fused-ring (bicyclic) bond motifs is 1. The van der Waals surface area contributed by atoms with Crippen molar-refractivity contribution in [2.45, 2.75) is 12.2 Å². The number of hydrogen-bond donors (Lipinski definition) is 2. The quantitative estimate of drug-likeness (QED) is 0.805. The molecular formula is C14H18ClN3O3S. The van der Waals surface area contributed by atoms with Crippen LogP contribution >= 0.6 is 12.4 Å². The van der Waals surface area contributed by atoms with Gasteiger partial charge in [0.05, 0.1) is 0 Å². The lowest BCUT2D eigenvalue weighted by Crippen LogP contribution is -2.30. The van der Waals surface area contributed by atoms with Crippen LogP contribution < -0.4 is 10.0 Å². The van der Waals surface area contributed by atoms with E-state index in [1.807, 2.05) is 24.3 Å². The summed E-state index contributed by atoms with van der Waals surface area (Å²) in [5, 5.41) is 7.79. The molecule has 120 valence electrons. The molecule has 8 heteroatoms. The topological polar surface area (TPSA) is 84.2 Å². The van der Waals surface area contributed by atoms with Gasteiger partial charge in [-0.2, -0.15) is 0 Å². The average Bonchev–Trinajstić information content (AvgIpc) is 2.89. The van der Waals surface area contributed by atoms with Crippen LogP contribution in [0.1, 0.15) is 12.1 Å². The highest BCUT2D eigenvalue weighted by molar-refractivity contribution is 7.88. The van der Waals surface area contributed by atoms with Crippen molar-refractivity contribution in [1.29, 1.82) is 0 Å². The van der Waals surface area contributed by atoms with Crippen molar-refractivity contribution in [2.24, 2.45) is 0 Å². The Balaban J connectivity index is 0.00000176. The highest BCUT2D eigenvalue weighted by Gasteiger charge is 2.17. The van der Waals surface area contributed by atoms with Gasteiger partial charge >= 0.3 is 0 Å². The predicted octanol–water partition coefficient (Wildman–Crippen LogP) is 1.59. The molecule has 1 aromatic heterocycles. The van der Waals surface area contributed by atoms with Gasteiger partial charge in [-0.25, -0.2) is 13.1 Å². The summed E-state index contributed by atoms with van der Waals surface area (Å²) in [6.07, 6.45) is 2.90. The van der Waals surface area contributed by atoms with E-state index in [0.29, 0.717) is 17.8 Å². The number of rotatable bonds is 5. The van der Waals surface area contributed by atoms with E-state index in [0.717, 1.165) is 30.5 Å². The second-order valence-electron chi connectivity index (χ2n) is 5.02. The molecule has 0 unspecified atom stereocenters. The summed E-state index contributed by atoms with van der Waals surface area (Å²) in [4.78, 5) is 0. The molecule has 0 aliphatic carbocycles. The summed E-state index contributed by atoms with van der Waals surface area (Å²) >= 11 is 0. The number of nitrogens with one attached hydrogen (secondary N) is 2. The Hall–Kier alpha value is -1.41. The van der Waals surface area contributed by atoms with E-state index in [9.17, 15) is 8.42 Å². The van der Waals surface area contributed by atoms with Crippen molar-refractivity contribution in [3.8, 4) is 0 Å². The van der Waals surface area contributed by atoms with Gasteiger partial charge in [0.15, 0.2) is 5.58 Å². The molecule has 22 heavy (non-hydrogen) atoms. The lowest BCUT2D eigenvalue weighted by Gasteiger charge is -2.14. The minimum atomic E-state index is -3.43. The van der Waals surface area contributed by atoms with Crippen molar-refractivity contribution < 1.29 is 12.9 Å². The first-order chi connectivity index (χ1) is 10.1. The third-order valence-corrected chi connectivity index (χ3v) is 4.69. The summed E-state index contributed by atoms with van der Waals surface area (Å²) in [6.45, 7) is 2.05. The molecule has 0 radical (unpaired) electrons. The Morgan fingerprint density at radius 2 is 2.14 bits per heavy atom. The van der Waals surface area contributed by atoms with Gasteiger partial charge in [0, 0.05) is 18.5 Å². The third kappa shape index (κ3) is 4.07. The van der Waals surface area contributed by atoms with E-state index in [1.165, 1.54) is 0 Å². The van der Waals surface area contributed by atoms with Crippen LogP contribution in [-0.2, 0) is 15.8 Å². The Morgan fingerprint density at radius 1 is 1.32 bits per heavy atom. The number of halogens is 1. The minimum Gasteiger partial charge on any atom is -0.356 e. The summed E-state index contributed by atoms with van der Waals surface area (Å²) < 4.78 is 32.1. The van der Waals surface area contributed by atoms with Crippen LogP contribution in [0.3, 0.4) is 0 Å². The van der Waals surface area contributed by atoms with Crippen LogP contribution in [0, 0.1) is 0 Å². The fraction of sp³-hybridized carbons (Fsp3) is 0.357. The van der Waals surface area contributed by atoms with Crippen LogP contribution in [0.15, 0.2) is 40.4 Å². The molecule has 1 aliphatic rings. The number of benzene rings is 1. The van der Waals surface area contributed by atoms with E-state index in [1.54, 1.807) is 6.07 Å². The zero-order valence-corrected chi connectivity index (χ0v) is 13.5. The van der Waals surface area contributed by atoms with Gasteiger partial charge in [0.2, 0.25) is 10.0 Å². The number of nitrogens with zero attached hydrogens (tertiary/aromatic N) is 1. The third-order valence-electron chi connectivity index (χ3n) is 3.46. The van der Waals surface area contributed by atoms with Crippen molar-refractivity contribution in [2.75, 3.05) is 19.6 Å². The van der Waals surface area contributed by atoms with Gasteiger partial charge in [-0.05, 0) is 25.1 Å². The molecule has 6 nitrogen and oxygen atoms in total.